The summed E-state index contributed by atoms with van der Waals surface area (Å²) in [6.07, 6.45) is 0. The zero-order valence-electron chi connectivity index (χ0n) is 15.0. The van der Waals surface area contributed by atoms with Gasteiger partial charge in [0.1, 0.15) is 0 Å². The van der Waals surface area contributed by atoms with Crippen molar-refractivity contribution in [2.24, 2.45) is 0 Å². The molecule has 0 saturated heterocycles. The highest BCUT2D eigenvalue weighted by molar-refractivity contribution is 6.31. The summed E-state index contributed by atoms with van der Waals surface area (Å²) < 4.78 is 18.8. The molecule has 0 bridgehead atoms. The Hall–Kier alpha value is -2.11. The number of amides is 1. The Morgan fingerprint density at radius 1 is 1.15 bits per heavy atom. The van der Waals surface area contributed by atoms with Crippen molar-refractivity contribution in [2.75, 3.05) is 26.2 Å². The number of nitrogens with zero attached hydrogens (tertiary/aromatic N) is 1. The molecule has 0 aliphatic heterocycles. The van der Waals surface area contributed by atoms with Gasteiger partial charge in [-0.05, 0) is 36.9 Å². The molecule has 0 aromatic heterocycles. The molecule has 2 rings (SSSR count). The van der Waals surface area contributed by atoms with Crippen LogP contribution in [0.1, 0.15) is 25.5 Å². The van der Waals surface area contributed by atoms with Crippen molar-refractivity contribution in [3.63, 3.8) is 0 Å². The largest absolute Gasteiger partial charge is 0.481 e. The van der Waals surface area contributed by atoms with Crippen molar-refractivity contribution in [3.8, 4) is 5.75 Å². The average molecular weight is 379 g/mol. The molecule has 26 heavy (non-hydrogen) atoms. The smallest absolute Gasteiger partial charge is 0.258 e. The quantitative estimate of drug-likeness (QED) is 0.715. The van der Waals surface area contributed by atoms with Crippen LogP contribution in [0.5, 0.6) is 5.75 Å². The van der Waals surface area contributed by atoms with Crippen molar-refractivity contribution >= 4 is 17.5 Å². The van der Waals surface area contributed by atoms with Crippen LogP contribution in [-0.2, 0) is 4.79 Å². The van der Waals surface area contributed by atoms with E-state index in [1.807, 2.05) is 24.3 Å². The summed E-state index contributed by atoms with van der Waals surface area (Å²) >= 11 is 6.35. The minimum Gasteiger partial charge on any atom is -0.481 e. The number of hydrogen-bond donors (Lipinski definition) is 1. The zero-order chi connectivity index (χ0) is 18.9. The van der Waals surface area contributed by atoms with Crippen LogP contribution in [0.25, 0.3) is 0 Å². The predicted octanol–water partition coefficient (Wildman–Crippen LogP) is 4.06. The zero-order valence-corrected chi connectivity index (χ0v) is 15.8. The molecule has 0 heterocycles. The highest BCUT2D eigenvalue weighted by Crippen LogP contribution is 2.27. The summed E-state index contributed by atoms with van der Waals surface area (Å²) in [5.41, 5.74) is 0.966. The van der Waals surface area contributed by atoms with E-state index in [1.165, 1.54) is 12.1 Å². The lowest BCUT2D eigenvalue weighted by Gasteiger charge is -2.30. The minimum absolute atomic E-state index is 0.0453. The van der Waals surface area contributed by atoms with Crippen molar-refractivity contribution in [1.29, 1.82) is 0 Å². The summed E-state index contributed by atoms with van der Waals surface area (Å²) in [5.74, 6) is -0.733. The van der Waals surface area contributed by atoms with E-state index in [9.17, 15) is 9.18 Å². The minimum atomic E-state index is -0.489. The van der Waals surface area contributed by atoms with Gasteiger partial charge in [0.25, 0.3) is 5.91 Å². The molecule has 0 aliphatic carbocycles. The first-order valence-corrected chi connectivity index (χ1v) is 9.07. The van der Waals surface area contributed by atoms with Gasteiger partial charge >= 0.3 is 0 Å². The predicted molar refractivity (Wildman–Crippen MR) is 102 cm³/mol. The number of likely N-dealkylation sites (N-methyl/N-ethyl adjacent to an activating group) is 1. The molecule has 1 amide bonds. The van der Waals surface area contributed by atoms with Crippen molar-refractivity contribution in [3.05, 3.63) is 64.9 Å². The fourth-order valence-corrected chi connectivity index (χ4v) is 3.07. The van der Waals surface area contributed by atoms with E-state index in [2.05, 4.69) is 24.1 Å². The van der Waals surface area contributed by atoms with E-state index in [0.29, 0.717) is 11.6 Å². The number of hydrogen-bond acceptors (Lipinski definition) is 3. The summed E-state index contributed by atoms with van der Waals surface area (Å²) in [5, 5.41) is 3.53. The molecular weight excluding hydrogens is 355 g/mol. The second-order valence-electron chi connectivity index (χ2n) is 5.78. The van der Waals surface area contributed by atoms with Crippen LogP contribution in [0.2, 0.25) is 5.02 Å². The molecule has 0 aliphatic rings. The number of rotatable bonds is 9. The molecule has 0 saturated carbocycles. The highest BCUT2D eigenvalue weighted by atomic mass is 35.5. The third kappa shape index (κ3) is 5.44. The van der Waals surface area contributed by atoms with E-state index in [1.54, 1.807) is 12.1 Å². The Labute approximate surface area is 158 Å². The van der Waals surface area contributed by atoms with Crippen LogP contribution in [0, 0.1) is 5.82 Å². The van der Waals surface area contributed by atoms with Gasteiger partial charge in [-0.1, -0.05) is 55.8 Å². The third-order valence-electron chi connectivity index (χ3n) is 4.21. The number of nitrogens with one attached hydrogen (secondary N) is 1. The van der Waals surface area contributed by atoms with Gasteiger partial charge in [0.15, 0.2) is 18.2 Å². The lowest BCUT2D eigenvalue weighted by molar-refractivity contribution is -0.123. The number of halogens is 2. The highest BCUT2D eigenvalue weighted by Gasteiger charge is 2.21. The normalized spacial score (nSPS) is 12.0. The van der Waals surface area contributed by atoms with Gasteiger partial charge in [-0.2, -0.15) is 0 Å². The van der Waals surface area contributed by atoms with Crippen molar-refractivity contribution < 1.29 is 13.9 Å². The van der Waals surface area contributed by atoms with Gasteiger partial charge in [-0.15, -0.1) is 0 Å². The molecule has 1 unspecified atom stereocenters. The van der Waals surface area contributed by atoms with Gasteiger partial charge < -0.3 is 10.1 Å². The van der Waals surface area contributed by atoms with Crippen molar-refractivity contribution in [1.82, 2.24) is 10.2 Å². The first-order chi connectivity index (χ1) is 12.6. The molecule has 140 valence electrons. The summed E-state index contributed by atoms with van der Waals surface area (Å²) in [4.78, 5) is 14.4. The molecule has 1 atom stereocenters. The third-order valence-corrected chi connectivity index (χ3v) is 4.55. The van der Waals surface area contributed by atoms with E-state index < -0.39 is 5.82 Å². The number of carbonyl (C=O) groups excluding carboxylic acids is 1. The van der Waals surface area contributed by atoms with Gasteiger partial charge in [0.2, 0.25) is 0 Å². The maximum absolute atomic E-state index is 13.5. The molecule has 2 aromatic carbocycles. The van der Waals surface area contributed by atoms with Gasteiger partial charge in [-0.3, -0.25) is 9.69 Å². The van der Waals surface area contributed by atoms with E-state index in [4.69, 9.17) is 16.3 Å². The number of para-hydroxylation sites is 1. The molecule has 0 radical (unpaired) electrons. The Morgan fingerprint density at radius 3 is 2.46 bits per heavy atom. The summed E-state index contributed by atoms with van der Waals surface area (Å²) in [7, 11) is 0. The molecule has 6 heteroatoms. The monoisotopic (exact) mass is 378 g/mol. The second-order valence-corrected chi connectivity index (χ2v) is 6.19. The fourth-order valence-electron chi connectivity index (χ4n) is 2.81. The van der Waals surface area contributed by atoms with Gasteiger partial charge in [0.05, 0.1) is 6.04 Å². The topological polar surface area (TPSA) is 41.6 Å². The Balaban J connectivity index is 1.99. The van der Waals surface area contributed by atoms with Crippen LogP contribution in [0.4, 0.5) is 4.39 Å². The Kier molecular flexibility index (Phi) is 7.88. The maximum Gasteiger partial charge on any atom is 0.258 e. The lowest BCUT2D eigenvalue weighted by Crippen LogP contribution is -2.39. The van der Waals surface area contributed by atoms with E-state index in [0.717, 1.165) is 18.7 Å². The molecule has 0 spiro atoms. The van der Waals surface area contributed by atoms with E-state index >= 15 is 0 Å². The average Bonchev–Trinajstić information content (AvgIpc) is 2.65. The van der Waals surface area contributed by atoms with Crippen LogP contribution < -0.4 is 10.1 Å². The van der Waals surface area contributed by atoms with Gasteiger partial charge in [0, 0.05) is 11.6 Å². The molecular formula is C20H24ClFN2O2. The number of ether oxygens (including phenoxy) is 1. The molecule has 4 nitrogen and oxygen atoms in total. The second kappa shape index (κ2) is 10.1. The molecule has 1 N–H and O–H groups in total. The van der Waals surface area contributed by atoms with E-state index in [-0.39, 0.29) is 24.3 Å². The Morgan fingerprint density at radius 2 is 1.81 bits per heavy atom. The van der Waals surface area contributed by atoms with Crippen LogP contribution in [-0.4, -0.2) is 37.0 Å². The number of carbonyl (C=O) groups is 1. The summed E-state index contributed by atoms with van der Waals surface area (Å²) in [6, 6.07) is 13.6. The maximum atomic E-state index is 13.5. The first-order valence-electron chi connectivity index (χ1n) is 8.69. The summed E-state index contributed by atoms with van der Waals surface area (Å²) in [6.45, 7) is 5.94. The Bertz CT molecular complexity index is 722. The van der Waals surface area contributed by atoms with Crippen LogP contribution in [0.3, 0.4) is 0 Å². The molecule has 2 aromatic rings. The number of benzene rings is 2. The molecule has 0 fully saturated rings. The standard InChI is InChI=1S/C20H24ClFN2O2/c1-3-24(4-2)18(15-9-5-6-10-16(15)21)13-23-20(25)14-26-19-12-8-7-11-17(19)22/h5-12,18H,3-4,13-14H2,1-2H3,(H,23,25). The van der Waals surface area contributed by atoms with Crippen LogP contribution >= 0.6 is 11.6 Å². The first kappa shape index (κ1) is 20.2. The fraction of sp³-hybridized carbons (Fsp3) is 0.350. The van der Waals surface area contributed by atoms with Crippen molar-refractivity contribution in [2.45, 2.75) is 19.9 Å². The van der Waals surface area contributed by atoms with Crippen LogP contribution in [0.15, 0.2) is 48.5 Å². The SMILES string of the molecule is CCN(CC)C(CNC(=O)COc1ccccc1F)c1ccccc1Cl. The van der Waals surface area contributed by atoms with Gasteiger partial charge in [-0.25, -0.2) is 4.39 Å². The lowest BCUT2D eigenvalue weighted by atomic mass is 10.0.